The van der Waals surface area contributed by atoms with E-state index in [0.717, 1.165) is 0 Å². The van der Waals surface area contributed by atoms with Crippen molar-refractivity contribution in [3.63, 3.8) is 0 Å². The van der Waals surface area contributed by atoms with Crippen LogP contribution in [0.25, 0.3) is 0 Å². The Kier molecular flexibility index (Phi) is 2.66. The Morgan fingerprint density at radius 1 is 1.50 bits per heavy atom. The van der Waals surface area contributed by atoms with Crippen LogP contribution in [-0.2, 0) is 0 Å². The van der Waals surface area contributed by atoms with Crippen LogP contribution in [0.2, 0.25) is 0 Å². The van der Waals surface area contributed by atoms with Crippen LogP contribution in [0, 0.1) is 11.3 Å². The second-order valence-electron chi connectivity index (χ2n) is 2.15. The summed E-state index contributed by atoms with van der Waals surface area (Å²) in [5.41, 5.74) is 0.417. The Balaban J connectivity index is 3.64. The average molecular weight is 117 g/mol. The number of hydrogen-bond acceptors (Lipinski definition) is 1. The van der Waals surface area contributed by atoms with Crippen LogP contribution < -0.4 is 0 Å². The molecular formula is C6H12FN. The molecule has 1 nitrogen and oxygen atoms in total. The summed E-state index contributed by atoms with van der Waals surface area (Å²) in [5, 5.41) is 6.99. The summed E-state index contributed by atoms with van der Waals surface area (Å²) in [5.74, 6) is -0.213. The molecule has 48 valence electrons. The topological polar surface area (TPSA) is 23.9 Å². The smallest absolute Gasteiger partial charge is 0.105 e. The Morgan fingerprint density at radius 2 is 1.88 bits per heavy atom. The molecule has 0 saturated carbocycles. The maximum Gasteiger partial charge on any atom is 0.105 e. The molecule has 2 unspecified atom stereocenters. The minimum atomic E-state index is -0.882. The van der Waals surface area contributed by atoms with E-state index in [1.54, 1.807) is 13.8 Å². The Labute approximate surface area is 49.4 Å². The number of alkyl halides is 1. The Hall–Kier alpha value is -0.400. The summed E-state index contributed by atoms with van der Waals surface area (Å²) < 4.78 is 12.2. The molecule has 0 spiro atoms. The molecule has 0 aromatic carbocycles. The van der Waals surface area contributed by atoms with Gasteiger partial charge in [-0.25, -0.2) is 4.39 Å². The van der Waals surface area contributed by atoms with Crippen molar-refractivity contribution in [2.45, 2.75) is 26.9 Å². The molecule has 1 N–H and O–H groups in total. The fraction of sp³-hybridized carbons (Fsp3) is 0.833. The van der Waals surface area contributed by atoms with E-state index in [1.165, 1.54) is 6.92 Å². The molecule has 0 fully saturated rings. The van der Waals surface area contributed by atoms with Gasteiger partial charge in [-0.1, -0.05) is 6.92 Å². The summed E-state index contributed by atoms with van der Waals surface area (Å²) in [6.07, 6.45) is -0.882. The molecule has 0 amide bonds. The predicted molar refractivity (Wildman–Crippen MR) is 33.1 cm³/mol. The molecule has 2 heteroatoms. The monoisotopic (exact) mass is 117 g/mol. The summed E-state index contributed by atoms with van der Waals surface area (Å²) in [7, 11) is 0. The molecule has 8 heavy (non-hydrogen) atoms. The fourth-order valence-corrected chi connectivity index (χ4v) is 0.344. The van der Waals surface area contributed by atoms with E-state index in [4.69, 9.17) is 5.41 Å². The minimum Gasteiger partial charge on any atom is -0.310 e. The van der Waals surface area contributed by atoms with Gasteiger partial charge in [-0.2, -0.15) is 0 Å². The van der Waals surface area contributed by atoms with Crippen LogP contribution >= 0.6 is 0 Å². The van der Waals surface area contributed by atoms with Crippen molar-refractivity contribution in [3.05, 3.63) is 0 Å². The lowest BCUT2D eigenvalue weighted by molar-refractivity contribution is 0.312. The summed E-state index contributed by atoms with van der Waals surface area (Å²) in [6, 6.07) is 0. The third-order valence-corrected chi connectivity index (χ3v) is 1.37. The first-order valence-electron chi connectivity index (χ1n) is 2.74. The molecule has 0 heterocycles. The van der Waals surface area contributed by atoms with E-state index in [9.17, 15) is 4.39 Å². The highest BCUT2D eigenvalue weighted by Gasteiger charge is 2.11. The van der Waals surface area contributed by atoms with Gasteiger partial charge in [-0.3, -0.25) is 0 Å². The van der Waals surface area contributed by atoms with Crippen molar-refractivity contribution in [2.24, 2.45) is 5.92 Å². The molecule has 0 aromatic heterocycles. The molecule has 0 aliphatic rings. The molecule has 0 radical (unpaired) electrons. The maximum absolute atomic E-state index is 12.2. The van der Waals surface area contributed by atoms with E-state index in [-0.39, 0.29) is 5.92 Å². The van der Waals surface area contributed by atoms with Crippen LogP contribution in [0.1, 0.15) is 20.8 Å². The third-order valence-electron chi connectivity index (χ3n) is 1.37. The SMILES string of the molecule is CC(=N)C(C)C(C)F. The Morgan fingerprint density at radius 3 is 1.88 bits per heavy atom. The zero-order valence-electron chi connectivity index (χ0n) is 5.53. The second kappa shape index (κ2) is 2.80. The molecular weight excluding hydrogens is 105 g/mol. The lowest BCUT2D eigenvalue weighted by Crippen LogP contribution is -2.15. The highest BCUT2D eigenvalue weighted by Crippen LogP contribution is 2.06. The van der Waals surface area contributed by atoms with Crippen LogP contribution in [-0.4, -0.2) is 11.9 Å². The van der Waals surface area contributed by atoms with E-state index in [2.05, 4.69) is 0 Å². The fourth-order valence-electron chi connectivity index (χ4n) is 0.344. The van der Waals surface area contributed by atoms with Crippen molar-refractivity contribution < 1.29 is 4.39 Å². The highest BCUT2D eigenvalue weighted by molar-refractivity contribution is 5.81. The molecule has 2 atom stereocenters. The van der Waals surface area contributed by atoms with Crippen molar-refractivity contribution in [3.8, 4) is 0 Å². The highest BCUT2D eigenvalue weighted by atomic mass is 19.1. The minimum absolute atomic E-state index is 0.213. The van der Waals surface area contributed by atoms with Crippen LogP contribution in [0.5, 0.6) is 0 Å². The van der Waals surface area contributed by atoms with Gasteiger partial charge in [0, 0.05) is 11.6 Å². The van der Waals surface area contributed by atoms with Crippen LogP contribution in [0.15, 0.2) is 0 Å². The van der Waals surface area contributed by atoms with Gasteiger partial charge >= 0.3 is 0 Å². The van der Waals surface area contributed by atoms with E-state index in [0.29, 0.717) is 5.71 Å². The van der Waals surface area contributed by atoms with Gasteiger partial charge in [0.15, 0.2) is 0 Å². The second-order valence-corrected chi connectivity index (χ2v) is 2.15. The van der Waals surface area contributed by atoms with Crippen molar-refractivity contribution in [1.29, 1.82) is 5.41 Å². The lowest BCUT2D eigenvalue weighted by atomic mass is 10.0. The molecule has 0 aliphatic heterocycles. The average Bonchev–Trinajstić information content (AvgIpc) is 1.64. The number of halogens is 1. The predicted octanol–water partition coefficient (Wildman–Crippen LogP) is 2.02. The molecule has 0 saturated heterocycles. The van der Waals surface area contributed by atoms with Crippen molar-refractivity contribution in [2.75, 3.05) is 0 Å². The van der Waals surface area contributed by atoms with Gasteiger partial charge in [-0.15, -0.1) is 0 Å². The number of nitrogens with one attached hydrogen (secondary N) is 1. The standard InChI is InChI=1S/C6H12FN/c1-4(5(2)7)6(3)8/h4-5,8H,1-3H3. The first kappa shape index (κ1) is 7.60. The summed E-state index contributed by atoms with van der Waals surface area (Å²) in [4.78, 5) is 0. The first-order valence-corrected chi connectivity index (χ1v) is 2.74. The third kappa shape index (κ3) is 2.05. The molecule has 0 rings (SSSR count). The van der Waals surface area contributed by atoms with E-state index < -0.39 is 6.17 Å². The van der Waals surface area contributed by atoms with Gasteiger partial charge < -0.3 is 5.41 Å². The Bertz CT molecular complexity index is 88.5. The van der Waals surface area contributed by atoms with Gasteiger partial charge in [0.05, 0.1) is 0 Å². The van der Waals surface area contributed by atoms with Gasteiger partial charge in [0.25, 0.3) is 0 Å². The lowest BCUT2D eigenvalue weighted by Gasteiger charge is -2.08. The quantitative estimate of drug-likeness (QED) is 0.535. The van der Waals surface area contributed by atoms with Crippen LogP contribution in [0.4, 0.5) is 4.39 Å². The van der Waals surface area contributed by atoms with Gasteiger partial charge in [0.1, 0.15) is 6.17 Å². The van der Waals surface area contributed by atoms with E-state index in [1.807, 2.05) is 0 Å². The molecule has 0 aromatic rings. The van der Waals surface area contributed by atoms with E-state index >= 15 is 0 Å². The maximum atomic E-state index is 12.2. The van der Waals surface area contributed by atoms with Crippen molar-refractivity contribution >= 4 is 5.71 Å². The largest absolute Gasteiger partial charge is 0.310 e. The normalized spacial score (nSPS) is 17.5. The summed E-state index contributed by atoms with van der Waals surface area (Å²) >= 11 is 0. The number of rotatable bonds is 2. The number of hydrogen-bond donors (Lipinski definition) is 1. The zero-order chi connectivity index (χ0) is 6.73. The molecule has 0 aliphatic carbocycles. The van der Waals surface area contributed by atoms with Gasteiger partial charge in [-0.05, 0) is 13.8 Å². The van der Waals surface area contributed by atoms with Crippen molar-refractivity contribution in [1.82, 2.24) is 0 Å². The zero-order valence-corrected chi connectivity index (χ0v) is 5.53. The van der Waals surface area contributed by atoms with Crippen LogP contribution in [0.3, 0.4) is 0 Å². The summed E-state index contributed by atoms with van der Waals surface area (Å²) in [6.45, 7) is 4.82. The first-order chi connectivity index (χ1) is 3.55. The molecule has 0 bridgehead atoms. The van der Waals surface area contributed by atoms with Gasteiger partial charge in [0.2, 0.25) is 0 Å².